The van der Waals surface area contributed by atoms with E-state index in [1.54, 1.807) is 17.5 Å². The summed E-state index contributed by atoms with van der Waals surface area (Å²) in [4.78, 5) is 19.1. The number of hydrogen-bond acceptors (Lipinski definition) is 6. The summed E-state index contributed by atoms with van der Waals surface area (Å²) in [6, 6.07) is 3.22. The number of nitrogens with zero attached hydrogens (tertiary/aromatic N) is 1. The highest BCUT2D eigenvalue weighted by molar-refractivity contribution is 7.15. The Balaban J connectivity index is 1.38. The zero-order chi connectivity index (χ0) is 17.4. The Kier molecular flexibility index (Phi) is 4.90. The number of hydrogen-bond donors (Lipinski definition) is 2. The molecule has 25 heavy (non-hydrogen) atoms. The van der Waals surface area contributed by atoms with Gasteiger partial charge in [0, 0.05) is 41.0 Å². The van der Waals surface area contributed by atoms with E-state index in [2.05, 4.69) is 21.7 Å². The zero-order valence-corrected chi connectivity index (χ0v) is 16.1. The van der Waals surface area contributed by atoms with Gasteiger partial charge in [-0.25, -0.2) is 4.98 Å². The van der Waals surface area contributed by atoms with E-state index < -0.39 is 0 Å². The fourth-order valence-corrected chi connectivity index (χ4v) is 5.25. The summed E-state index contributed by atoms with van der Waals surface area (Å²) in [5, 5.41) is 8.49. The molecule has 1 aliphatic carbocycles. The van der Waals surface area contributed by atoms with Gasteiger partial charge in [0.1, 0.15) is 5.00 Å². The number of anilines is 1. The first-order chi connectivity index (χ1) is 12.1. The minimum absolute atomic E-state index is 0.0294. The van der Waals surface area contributed by atoms with E-state index in [1.807, 2.05) is 13.8 Å². The lowest BCUT2D eigenvalue weighted by molar-refractivity contribution is 0.0774. The highest BCUT2D eigenvalue weighted by Gasteiger charge is 2.41. The number of ether oxygens (including phenoxy) is 1. The first-order valence-corrected chi connectivity index (χ1v) is 10.4. The molecule has 1 saturated heterocycles. The summed E-state index contributed by atoms with van der Waals surface area (Å²) < 4.78 is 5.42. The van der Waals surface area contributed by atoms with Crippen LogP contribution in [-0.2, 0) is 4.74 Å². The van der Waals surface area contributed by atoms with Crippen molar-refractivity contribution < 1.29 is 9.53 Å². The van der Waals surface area contributed by atoms with Crippen LogP contribution in [0.3, 0.4) is 0 Å². The van der Waals surface area contributed by atoms with Crippen LogP contribution < -0.4 is 10.6 Å². The van der Waals surface area contributed by atoms with Crippen molar-refractivity contribution in [3.8, 4) is 0 Å². The summed E-state index contributed by atoms with van der Waals surface area (Å²) >= 11 is 3.26. The van der Waals surface area contributed by atoms with Gasteiger partial charge in [-0.2, -0.15) is 0 Å². The third kappa shape index (κ3) is 3.95. The fraction of sp³-hybridized carbons (Fsp3) is 0.556. The van der Waals surface area contributed by atoms with Gasteiger partial charge in [-0.05, 0) is 39.2 Å². The summed E-state index contributed by atoms with van der Waals surface area (Å²) in [5.74, 6) is 0.525. The van der Waals surface area contributed by atoms with Crippen LogP contribution in [0.4, 0.5) is 5.00 Å². The number of rotatable bonds is 5. The normalized spacial score (nSPS) is 23.6. The molecule has 134 valence electrons. The molecule has 1 aliphatic heterocycles. The molecule has 2 unspecified atom stereocenters. The van der Waals surface area contributed by atoms with Gasteiger partial charge in [0.2, 0.25) is 0 Å². The molecule has 7 heteroatoms. The van der Waals surface area contributed by atoms with Crippen molar-refractivity contribution in [1.82, 2.24) is 10.3 Å². The van der Waals surface area contributed by atoms with E-state index in [-0.39, 0.29) is 5.91 Å². The molecular weight excluding hydrogens is 354 g/mol. The highest BCUT2D eigenvalue weighted by atomic mass is 32.1. The Morgan fingerprint density at radius 1 is 1.28 bits per heavy atom. The first kappa shape index (κ1) is 17.1. The highest BCUT2D eigenvalue weighted by Crippen LogP contribution is 2.45. The van der Waals surface area contributed by atoms with E-state index in [1.165, 1.54) is 22.6 Å². The van der Waals surface area contributed by atoms with Crippen LogP contribution in [0.15, 0.2) is 12.3 Å². The number of carbonyl (C=O) groups is 1. The van der Waals surface area contributed by atoms with E-state index in [0.717, 1.165) is 46.5 Å². The molecule has 2 aliphatic rings. The van der Waals surface area contributed by atoms with Crippen LogP contribution in [0.25, 0.3) is 0 Å². The number of thiophene rings is 1. The van der Waals surface area contributed by atoms with Crippen molar-refractivity contribution in [2.45, 2.75) is 51.1 Å². The Morgan fingerprint density at radius 3 is 2.80 bits per heavy atom. The number of thiazole rings is 1. The van der Waals surface area contributed by atoms with Crippen molar-refractivity contribution >= 4 is 33.6 Å². The third-order valence-corrected chi connectivity index (χ3v) is 6.88. The number of aryl methyl sites for hydroxylation is 2. The second-order valence-corrected chi connectivity index (χ2v) is 9.34. The maximum atomic E-state index is 12.5. The molecule has 0 spiro atoms. The van der Waals surface area contributed by atoms with Gasteiger partial charge >= 0.3 is 0 Å². The first-order valence-electron chi connectivity index (χ1n) is 8.78. The van der Waals surface area contributed by atoms with Gasteiger partial charge < -0.3 is 15.4 Å². The van der Waals surface area contributed by atoms with Crippen LogP contribution in [-0.4, -0.2) is 36.2 Å². The Bertz CT molecular complexity index is 764. The predicted molar refractivity (Wildman–Crippen MR) is 102 cm³/mol. The molecule has 2 atom stereocenters. The van der Waals surface area contributed by atoms with Crippen LogP contribution in [0, 0.1) is 13.8 Å². The van der Waals surface area contributed by atoms with Crippen LogP contribution in [0.1, 0.15) is 50.3 Å². The quantitative estimate of drug-likeness (QED) is 0.834. The number of carbonyl (C=O) groups excluding carboxylic acids is 1. The maximum absolute atomic E-state index is 12.5. The van der Waals surface area contributed by atoms with E-state index >= 15 is 0 Å². The summed E-state index contributed by atoms with van der Waals surface area (Å²) in [7, 11) is 0. The van der Waals surface area contributed by atoms with Gasteiger partial charge in [-0.1, -0.05) is 0 Å². The largest absolute Gasteiger partial charge is 0.381 e. The molecule has 0 aromatic carbocycles. The van der Waals surface area contributed by atoms with Crippen molar-refractivity contribution in [3.63, 3.8) is 0 Å². The fourth-order valence-electron chi connectivity index (χ4n) is 3.37. The lowest BCUT2D eigenvalue weighted by Crippen LogP contribution is -2.36. The number of nitrogens with one attached hydrogen (secondary N) is 2. The molecule has 5 nitrogen and oxygen atoms in total. The molecular formula is C18H23N3O2S2. The van der Waals surface area contributed by atoms with Gasteiger partial charge in [0.05, 0.1) is 16.8 Å². The lowest BCUT2D eigenvalue weighted by Gasteiger charge is -2.23. The average Bonchev–Trinajstić information content (AvgIpc) is 3.05. The minimum Gasteiger partial charge on any atom is -0.381 e. The van der Waals surface area contributed by atoms with Crippen LogP contribution >= 0.6 is 22.7 Å². The Morgan fingerprint density at radius 2 is 2.08 bits per heavy atom. The zero-order valence-electron chi connectivity index (χ0n) is 14.5. The molecule has 1 amide bonds. The van der Waals surface area contributed by atoms with Crippen molar-refractivity contribution in [3.05, 3.63) is 32.6 Å². The third-order valence-electron chi connectivity index (χ3n) is 4.87. The smallest absolute Gasteiger partial charge is 0.257 e. The average molecular weight is 378 g/mol. The molecule has 1 saturated carbocycles. The lowest BCUT2D eigenvalue weighted by atomic mass is 10.1. The molecule has 4 rings (SSSR count). The van der Waals surface area contributed by atoms with E-state index in [0.29, 0.717) is 18.0 Å². The van der Waals surface area contributed by atoms with Crippen LogP contribution in [0.5, 0.6) is 0 Å². The van der Waals surface area contributed by atoms with Crippen molar-refractivity contribution in [1.29, 1.82) is 0 Å². The minimum atomic E-state index is -0.0294. The topological polar surface area (TPSA) is 63.2 Å². The Labute approximate surface area is 155 Å². The van der Waals surface area contributed by atoms with E-state index in [9.17, 15) is 4.79 Å². The molecule has 2 fully saturated rings. The SMILES string of the molecule is Cc1ncc(NC(=O)c2cc(C3CC3NC3CCOCC3)sc2C)s1. The van der Waals surface area contributed by atoms with Gasteiger partial charge in [-0.15, -0.1) is 22.7 Å². The molecule has 2 aromatic rings. The molecule has 3 heterocycles. The molecule has 0 radical (unpaired) electrons. The van der Waals surface area contributed by atoms with Gasteiger partial charge in [0.15, 0.2) is 0 Å². The molecule has 2 aromatic heterocycles. The summed E-state index contributed by atoms with van der Waals surface area (Å²) in [6.07, 6.45) is 5.10. The Hall–Kier alpha value is -1.28. The number of amides is 1. The maximum Gasteiger partial charge on any atom is 0.257 e. The molecule has 0 bridgehead atoms. The van der Waals surface area contributed by atoms with Crippen molar-refractivity contribution in [2.75, 3.05) is 18.5 Å². The van der Waals surface area contributed by atoms with Crippen molar-refractivity contribution in [2.24, 2.45) is 0 Å². The molecule has 2 N–H and O–H groups in total. The van der Waals surface area contributed by atoms with Gasteiger partial charge in [-0.3, -0.25) is 4.79 Å². The second kappa shape index (κ2) is 7.15. The standard InChI is InChI=1S/C18H23N3O2S2/c1-10-13(18(22)21-17-9-19-11(2)25-17)8-16(24-10)14-7-15(14)20-12-3-5-23-6-4-12/h8-9,12,14-15,20H,3-7H2,1-2H3,(H,21,22). The monoisotopic (exact) mass is 377 g/mol. The summed E-state index contributed by atoms with van der Waals surface area (Å²) in [5.41, 5.74) is 0.794. The predicted octanol–water partition coefficient (Wildman–Crippen LogP) is 3.70. The van der Waals surface area contributed by atoms with E-state index in [4.69, 9.17) is 4.74 Å². The second-order valence-electron chi connectivity index (χ2n) is 6.82. The van der Waals surface area contributed by atoms with Gasteiger partial charge in [0.25, 0.3) is 5.91 Å². The summed E-state index contributed by atoms with van der Waals surface area (Å²) in [6.45, 7) is 5.71. The number of aromatic nitrogens is 1. The van der Waals surface area contributed by atoms with Crippen LogP contribution in [0.2, 0.25) is 0 Å².